The molecule has 28 heavy (non-hydrogen) atoms. The molecule has 1 atom stereocenters. The first-order valence-corrected chi connectivity index (χ1v) is 9.20. The Morgan fingerprint density at radius 1 is 1.25 bits per heavy atom. The first kappa shape index (κ1) is 18.1. The second-order valence-electron chi connectivity index (χ2n) is 7.09. The Morgan fingerprint density at radius 3 is 2.71 bits per heavy atom. The fourth-order valence-electron chi connectivity index (χ4n) is 3.15. The fourth-order valence-corrected chi connectivity index (χ4v) is 3.15. The Bertz CT molecular complexity index is 912. The molecule has 2 aromatic rings. The largest absolute Gasteiger partial charge is 0.486 e. The molecular weight excluding hydrogens is 362 g/mol. The molecule has 146 valence electrons. The summed E-state index contributed by atoms with van der Waals surface area (Å²) in [4.78, 5) is 25.2. The van der Waals surface area contributed by atoms with Crippen molar-refractivity contribution in [1.82, 2.24) is 4.90 Å². The maximum Gasteiger partial charge on any atom is 0.293 e. The Morgan fingerprint density at radius 2 is 2.00 bits per heavy atom. The van der Waals surface area contributed by atoms with Crippen LogP contribution in [0.3, 0.4) is 0 Å². The molecule has 1 unspecified atom stereocenters. The lowest BCUT2D eigenvalue weighted by Crippen LogP contribution is -2.41. The predicted octanol–water partition coefficient (Wildman–Crippen LogP) is 3.08. The van der Waals surface area contributed by atoms with Crippen LogP contribution in [0.25, 0.3) is 0 Å². The Hall–Kier alpha value is -3.29. The average Bonchev–Trinajstić information content (AvgIpc) is 3.51. The van der Waals surface area contributed by atoms with Crippen molar-refractivity contribution in [2.45, 2.75) is 25.0 Å². The molecule has 1 N–H and O–H groups in total. The van der Waals surface area contributed by atoms with Gasteiger partial charge in [-0.15, -0.1) is 0 Å². The molecule has 1 fully saturated rings. The van der Waals surface area contributed by atoms with Crippen LogP contribution in [0.1, 0.15) is 23.2 Å². The molecule has 4 rings (SSSR count). The van der Waals surface area contributed by atoms with Crippen molar-refractivity contribution < 1.29 is 19.2 Å². The third-order valence-corrected chi connectivity index (χ3v) is 4.77. The van der Waals surface area contributed by atoms with Gasteiger partial charge in [-0.3, -0.25) is 14.9 Å². The highest BCUT2D eigenvalue weighted by molar-refractivity contribution is 5.95. The van der Waals surface area contributed by atoms with Gasteiger partial charge in [-0.05, 0) is 37.1 Å². The van der Waals surface area contributed by atoms with Gasteiger partial charge in [0.15, 0.2) is 17.6 Å². The number of amides is 1. The van der Waals surface area contributed by atoms with E-state index in [9.17, 15) is 14.9 Å². The molecule has 0 spiro atoms. The summed E-state index contributed by atoms with van der Waals surface area (Å²) < 4.78 is 11.6. The van der Waals surface area contributed by atoms with Crippen LogP contribution >= 0.6 is 0 Å². The van der Waals surface area contributed by atoms with Crippen LogP contribution in [0, 0.1) is 10.1 Å². The fraction of sp³-hybridized carbons (Fsp3) is 0.350. The number of nitro benzene ring substituents is 1. The zero-order valence-electron chi connectivity index (χ0n) is 15.5. The van der Waals surface area contributed by atoms with Crippen LogP contribution in [0.15, 0.2) is 42.5 Å². The van der Waals surface area contributed by atoms with Gasteiger partial charge in [0.2, 0.25) is 0 Å². The van der Waals surface area contributed by atoms with E-state index in [1.54, 1.807) is 19.2 Å². The molecule has 1 heterocycles. The molecule has 0 radical (unpaired) electrons. The quantitative estimate of drug-likeness (QED) is 0.609. The molecule has 8 heteroatoms. The minimum atomic E-state index is -0.462. The van der Waals surface area contributed by atoms with E-state index in [1.807, 2.05) is 24.3 Å². The second kappa shape index (κ2) is 7.38. The van der Waals surface area contributed by atoms with Gasteiger partial charge in [0, 0.05) is 24.7 Å². The summed E-state index contributed by atoms with van der Waals surface area (Å²) in [6.45, 7) is 0.641. The highest BCUT2D eigenvalue weighted by Crippen LogP contribution is 2.33. The minimum absolute atomic E-state index is 0.0858. The van der Waals surface area contributed by atoms with E-state index < -0.39 is 4.92 Å². The number of hydrogen-bond donors (Lipinski definition) is 1. The highest BCUT2D eigenvalue weighted by atomic mass is 16.6. The monoisotopic (exact) mass is 383 g/mol. The number of carbonyl (C=O) groups excluding carboxylic acids is 1. The van der Waals surface area contributed by atoms with E-state index in [0.717, 1.165) is 12.8 Å². The number of ether oxygens (including phenoxy) is 2. The number of hydrogen-bond acceptors (Lipinski definition) is 6. The van der Waals surface area contributed by atoms with E-state index in [4.69, 9.17) is 9.47 Å². The van der Waals surface area contributed by atoms with Crippen molar-refractivity contribution in [3.8, 4) is 11.5 Å². The number of para-hydroxylation sites is 2. The van der Waals surface area contributed by atoms with E-state index in [-0.39, 0.29) is 29.3 Å². The molecule has 1 saturated carbocycles. The Kier molecular flexibility index (Phi) is 4.77. The molecule has 2 aliphatic rings. The van der Waals surface area contributed by atoms with Crippen molar-refractivity contribution in [3.05, 3.63) is 58.1 Å². The van der Waals surface area contributed by atoms with Gasteiger partial charge in [-0.1, -0.05) is 12.1 Å². The van der Waals surface area contributed by atoms with Crippen LogP contribution in [0.4, 0.5) is 11.4 Å². The number of nitrogens with zero attached hydrogens (tertiary/aromatic N) is 2. The van der Waals surface area contributed by atoms with Gasteiger partial charge in [-0.25, -0.2) is 0 Å². The molecule has 0 aromatic heterocycles. The summed E-state index contributed by atoms with van der Waals surface area (Å²) in [6, 6.07) is 12.2. The standard InChI is InChI=1S/C20H21N3O5/c1-22(11-15-12-27-18-4-2-3-5-19(18)28-15)20(24)13-6-9-16(21-14-7-8-14)17(10-13)23(25)26/h2-6,9-10,14-15,21H,7-8,11-12H2,1H3. The van der Waals surface area contributed by atoms with Gasteiger partial charge in [0.1, 0.15) is 12.3 Å². The third kappa shape index (κ3) is 3.85. The van der Waals surface area contributed by atoms with Crippen LogP contribution < -0.4 is 14.8 Å². The number of rotatable bonds is 6. The lowest BCUT2D eigenvalue weighted by molar-refractivity contribution is -0.384. The topological polar surface area (TPSA) is 93.9 Å². The van der Waals surface area contributed by atoms with Crippen molar-refractivity contribution in [2.75, 3.05) is 25.5 Å². The van der Waals surface area contributed by atoms with E-state index >= 15 is 0 Å². The minimum Gasteiger partial charge on any atom is -0.486 e. The average molecular weight is 383 g/mol. The van der Waals surface area contributed by atoms with Crippen molar-refractivity contribution in [1.29, 1.82) is 0 Å². The van der Waals surface area contributed by atoms with Crippen molar-refractivity contribution >= 4 is 17.3 Å². The molecule has 2 aromatic carbocycles. The summed E-state index contributed by atoms with van der Waals surface area (Å²) in [5, 5.41) is 14.5. The normalized spacial score (nSPS) is 17.7. The first-order chi connectivity index (χ1) is 13.5. The van der Waals surface area contributed by atoms with Crippen LogP contribution in [-0.2, 0) is 0 Å². The lowest BCUT2D eigenvalue weighted by atomic mass is 10.1. The number of benzene rings is 2. The number of anilines is 1. The maximum atomic E-state index is 12.8. The first-order valence-electron chi connectivity index (χ1n) is 9.20. The van der Waals surface area contributed by atoms with Crippen LogP contribution in [0.2, 0.25) is 0 Å². The number of likely N-dealkylation sites (N-methyl/N-ethyl adjacent to an activating group) is 1. The van der Waals surface area contributed by atoms with Crippen LogP contribution in [0.5, 0.6) is 11.5 Å². The Balaban J connectivity index is 1.45. The summed E-state index contributed by atoms with van der Waals surface area (Å²) in [5.41, 5.74) is 0.636. The van der Waals surface area contributed by atoms with Gasteiger partial charge in [0.05, 0.1) is 11.5 Å². The lowest BCUT2D eigenvalue weighted by Gasteiger charge is -2.29. The molecule has 1 amide bonds. The van der Waals surface area contributed by atoms with E-state index in [2.05, 4.69) is 5.32 Å². The van der Waals surface area contributed by atoms with E-state index in [1.165, 1.54) is 11.0 Å². The predicted molar refractivity (Wildman–Crippen MR) is 103 cm³/mol. The zero-order chi connectivity index (χ0) is 19.7. The number of nitro groups is 1. The molecule has 1 aliphatic heterocycles. The van der Waals surface area contributed by atoms with Crippen molar-refractivity contribution in [3.63, 3.8) is 0 Å². The highest BCUT2D eigenvalue weighted by Gasteiger charge is 2.27. The van der Waals surface area contributed by atoms with Gasteiger partial charge in [0.25, 0.3) is 11.6 Å². The Labute approximate surface area is 162 Å². The molecule has 1 aliphatic carbocycles. The summed E-state index contributed by atoms with van der Waals surface area (Å²) in [7, 11) is 1.65. The smallest absolute Gasteiger partial charge is 0.293 e. The van der Waals surface area contributed by atoms with Gasteiger partial charge < -0.3 is 19.7 Å². The summed E-state index contributed by atoms with van der Waals surface area (Å²) >= 11 is 0. The van der Waals surface area contributed by atoms with Crippen LogP contribution in [-0.4, -0.2) is 48.1 Å². The third-order valence-electron chi connectivity index (χ3n) is 4.77. The summed E-state index contributed by atoms with van der Waals surface area (Å²) in [5.74, 6) is 1.02. The zero-order valence-corrected chi connectivity index (χ0v) is 15.5. The van der Waals surface area contributed by atoms with Gasteiger partial charge >= 0.3 is 0 Å². The molecule has 0 bridgehead atoms. The number of carbonyl (C=O) groups is 1. The molecule has 8 nitrogen and oxygen atoms in total. The van der Waals surface area contributed by atoms with Crippen molar-refractivity contribution in [2.24, 2.45) is 0 Å². The molecular formula is C20H21N3O5. The number of nitrogens with one attached hydrogen (secondary N) is 1. The SMILES string of the molecule is CN(CC1COc2ccccc2O1)C(=O)c1ccc(NC2CC2)c([N+](=O)[O-])c1. The molecule has 0 saturated heterocycles. The summed E-state index contributed by atoms with van der Waals surface area (Å²) in [6.07, 6.45) is 1.70. The maximum absolute atomic E-state index is 12.8. The van der Waals surface area contributed by atoms with E-state index in [0.29, 0.717) is 30.3 Å². The van der Waals surface area contributed by atoms with Gasteiger partial charge in [-0.2, -0.15) is 0 Å². The number of fused-ring (bicyclic) bond motifs is 1. The second-order valence-corrected chi connectivity index (χ2v) is 7.09.